The van der Waals surface area contributed by atoms with Gasteiger partial charge in [0.15, 0.2) is 0 Å². The van der Waals surface area contributed by atoms with E-state index in [1.807, 2.05) is 98.6 Å². The highest BCUT2D eigenvalue weighted by molar-refractivity contribution is 9.10. The van der Waals surface area contributed by atoms with Gasteiger partial charge in [0.1, 0.15) is 5.60 Å². The molecule has 0 aliphatic carbocycles. The van der Waals surface area contributed by atoms with Gasteiger partial charge in [0.2, 0.25) is 23.6 Å². The molecule has 7 amide bonds. The van der Waals surface area contributed by atoms with Crippen molar-refractivity contribution in [2.24, 2.45) is 41.2 Å². The van der Waals surface area contributed by atoms with Gasteiger partial charge in [0.25, 0.3) is 0 Å². The molecule has 18 nitrogen and oxygen atoms in total. The number of nitrogens with zero attached hydrogens (tertiary/aromatic N) is 10. The Morgan fingerprint density at radius 3 is 1.10 bits per heavy atom. The lowest BCUT2D eigenvalue weighted by atomic mass is 9.90. The van der Waals surface area contributed by atoms with Crippen LogP contribution in [0.4, 0.5) is 9.59 Å². The Kier molecular flexibility index (Phi) is 32.7. The number of piperazine rings is 3. The summed E-state index contributed by atoms with van der Waals surface area (Å²) in [5.74, 6) is 2.91. The van der Waals surface area contributed by atoms with Gasteiger partial charge in [-0.25, -0.2) is 9.59 Å². The average Bonchev–Trinajstić information content (AvgIpc) is 0.797. The quantitative estimate of drug-likeness (QED) is 0.0815. The highest BCUT2D eigenvalue weighted by Gasteiger charge is 2.42. The van der Waals surface area contributed by atoms with E-state index in [1.165, 1.54) is 22.3 Å². The SMILES string of the molecule is CC(=O)N1CCC(CC(=O)N2CCN(C(c3ccc(Cl)cc3)c3ccc(Cl)cc3)C[C@@H]2C(C)C)CC1.CC(C)C[C@H]1CN(C(c2ccc(Cl)cc2)c2ccc(Cl)cc2)CCN1C(=O)CC1CCN(C(=O)OC(C)(C)C)CC1.CC(C)[C@H]1CN(C(c2ccc(Cl)cc2)c2ccc(Br)cn2)CCN1C(=O)CC1CCN(C(N)=O)CC1. The number of aromatic nitrogens is 1. The Bertz CT molecular complexity index is 3760. The first-order valence-corrected chi connectivity index (χ1v) is 43.3. The van der Waals surface area contributed by atoms with E-state index in [9.17, 15) is 28.8 Å². The smallest absolute Gasteiger partial charge is 0.410 e. The summed E-state index contributed by atoms with van der Waals surface area (Å²) in [6, 6.07) is 44.5. The van der Waals surface area contributed by atoms with E-state index < -0.39 is 5.60 Å². The van der Waals surface area contributed by atoms with Crippen molar-refractivity contribution in [1.82, 2.24) is 49.1 Å². The number of pyridine rings is 1. The molecule has 0 saturated carbocycles. The number of urea groups is 1. The Hall–Kier alpha value is -6.52. The lowest BCUT2D eigenvalue weighted by Gasteiger charge is -2.47. The highest BCUT2D eigenvalue weighted by Crippen LogP contribution is 2.39. The molecule has 612 valence electrons. The van der Waals surface area contributed by atoms with Crippen LogP contribution in [-0.2, 0) is 23.9 Å². The molecule has 113 heavy (non-hydrogen) atoms. The molecule has 0 radical (unpaired) electrons. The molecule has 4 atom stereocenters. The second-order valence-electron chi connectivity index (χ2n) is 33.8. The summed E-state index contributed by atoms with van der Waals surface area (Å²) in [5.41, 5.74) is 11.7. The standard InChI is InChI=1S/C33H45Cl2N3O3.C29H37Cl2N3O2.C27H35BrClN5O2/c1-23(2)20-29-22-37(31(25-6-10-27(34)11-7-25)26-8-12-28(35)13-9-26)18-19-38(29)30(39)21-24-14-16-36(17-15-24)32(40)41-33(3,4)5;1-20(2)27-19-33(16-17-34(27)28(36)18-22-12-14-32(15-13-22)21(3)35)29(23-4-8-25(30)9-5-23)24-6-10-26(31)11-7-24;1-18(2)24-17-33(13-14-34(24)25(35)15-19-9-11-32(12-10-19)27(30)36)26(20-3-6-22(29)7-4-20)23-8-5-21(28)16-31-23/h6-13,23-24,29,31H,14-22H2,1-5H3;4-11,20,22,27,29H,12-19H2,1-3H3;3-8,16,18-19,24,26H,9-15,17H2,1-2H3,(H2,30,36)/t29-;27-;24-,26?/m011/s1. The molecule has 6 aliphatic rings. The fraction of sp³-hybridized carbons (Fsp3) is 0.539. The Morgan fingerprint density at radius 1 is 0.442 bits per heavy atom. The molecule has 24 heteroatoms. The molecule has 0 bridgehead atoms. The third kappa shape index (κ3) is 25.3. The van der Waals surface area contributed by atoms with Crippen LogP contribution in [0.15, 0.2) is 144 Å². The van der Waals surface area contributed by atoms with Gasteiger partial charge in [-0.3, -0.25) is 38.9 Å². The first-order valence-electron chi connectivity index (χ1n) is 40.6. The molecular formula is C89H117BrCl5N11O7. The van der Waals surface area contributed by atoms with Crippen LogP contribution in [0, 0.1) is 35.5 Å². The van der Waals surface area contributed by atoms with Crippen molar-refractivity contribution in [2.75, 3.05) is 98.2 Å². The number of hydrogen-bond donors (Lipinski definition) is 1. The van der Waals surface area contributed by atoms with E-state index >= 15 is 0 Å². The fourth-order valence-electron chi connectivity index (χ4n) is 17.2. The van der Waals surface area contributed by atoms with Crippen molar-refractivity contribution < 1.29 is 33.5 Å². The highest BCUT2D eigenvalue weighted by atomic mass is 79.9. The summed E-state index contributed by atoms with van der Waals surface area (Å²) in [5, 5.41) is 3.58. The third-order valence-corrected chi connectivity index (χ3v) is 25.1. The molecule has 6 saturated heterocycles. The molecule has 2 N–H and O–H groups in total. The zero-order valence-electron chi connectivity index (χ0n) is 67.6. The van der Waals surface area contributed by atoms with E-state index in [0.29, 0.717) is 110 Å². The summed E-state index contributed by atoms with van der Waals surface area (Å²) in [6.45, 7) is 31.4. The number of halogens is 6. The van der Waals surface area contributed by atoms with Gasteiger partial charge in [-0.2, -0.15) is 0 Å². The molecule has 6 fully saturated rings. The Labute approximate surface area is 704 Å². The normalized spacial score (nSPS) is 19.8. The minimum atomic E-state index is -0.502. The fourth-order valence-corrected chi connectivity index (χ4v) is 18.1. The van der Waals surface area contributed by atoms with Gasteiger partial charge in [-0.05, 0) is 218 Å². The van der Waals surface area contributed by atoms with Crippen LogP contribution in [0.1, 0.15) is 185 Å². The van der Waals surface area contributed by atoms with E-state index in [4.69, 9.17) is 73.5 Å². The van der Waals surface area contributed by atoms with Gasteiger partial charge >= 0.3 is 12.1 Å². The number of nitrogens with two attached hydrogens (primary N) is 1. The van der Waals surface area contributed by atoms with Crippen LogP contribution in [0.25, 0.3) is 0 Å². The van der Waals surface area contributed by atoms with Crippen LogP contribution < -0.4 is 5.73 Å². The van der Waals surface area contributed by atoms with Gasteiger partial charge in [-0.15, -0.1) is 0 Å². The minimum absolute atomic E-state index is 0.0213. The van der Waals surface area contributed by atoms with Gasteiger partial charge in [-0.1, -0.05) is 160 Å². The van der Waals surface area contributed by atoms with Crippen LogP contribution in [0.2, 0.25) is 25.1 Å². The number of primary amides is 1. The first kappa shape index (κ1) is 88.8. The maximum atomic E-state index is 13.7. The second-order valence-corrected chi connectivity index (χ2v) is 36.9. The van der Waals surface area contributed by atoms with E-state index in [1.54, 1.807) is 16.7 Å². The Balaban J connectivity index is 0.000000180. The van der Waals surface area contributed by atoms with Gasteiger partial charge in [0.05, 0.1) is 23.8 Å². The monoisotopic (exact) mass is 1710 g/mol. The topological polar surface area (TPSA) is 180 Å². The Morgan fingerprint density at radius 2 is 0.770 bits per heavy atom. The molecular weight excluding hydrogens is 1590 g/mol. The van der Waals surface area contributed by atoms with E-state index in [2.05, 4.69) is 154 Å². The maximum Gasteiger partial charge on any atom is 0.410 e. The van der Waals surface area contributed by atoms with Gasteiger partial charge < -0.3 is 39.9 Å². The molecule has 1 aromatic heterocycles. The molecule has 0 spiro atoms. The zero-order chi connectivity index (χ0) is 81.4. The summed E-state index contributed by atoms with van der Waals surface area (Å²) in [6.07, 6.45) is 9.31. The van der Waals surface area contributed by atoms with Crippen LogP contribution in [-0.4, -0.2) is 207 Å². The lowest BCUT2D eigenvalue weighted by Crippen LogP contribution is -2.58. The molecule has 12 rings (SSSR count). The number of benzene rings is 5. The number of rotatable bonds is 19. The number of carbonyl (C=O) groups is 6. The summed E-state index contributed by atoms with van der Waals surface area (Å²) in [7, 11) is 0. The van der Waals surface area contributed by atoms with Crippen molar-refractivity contribution in [3.8, 4) is 0 Å². The molecule has 1 unspecified atom stereocenters. The molecule has 7 heterocycles. The number of piperidine rings is 3. The molecule has 5 aromatic carbocycles. The van der Waals surface area contributed by atoms with Crippen LogP contribution in [0.3, 0.4) is 0 Å². The first-order chi connectivity index (χ1) is 53.8. The van der Waals surface area contributed by atoms with Gasteiger partial charge in [0, 0.05) is 178 Å². The predicted octanol–water partition coefficient (Wildman–Crippen LogP) is 18.5. The van der Waals surface area contributed by atoms with Crippen LogP contribution >= 0.6 is 73.9 Å². The number of hydrogen-bond acceptors (Lipinski definition) is 11. The van der Waals surface area contributed by atoms with Crippen molar-refractivity contribution in [3.05, 3.63) is 203 Å². The van der Waals surface area contributed by atoms with E-state index in [-0.39, 0.29) is 77.9 Å². The zero-order valence-corrected chi connectivity index (χ0v) is 72.9. The summed E-state index contributed by atoms with van der Waals surface area (Å²) >= 11 is 34.5. The number of amides is 7. The summed E-state index contributed by atoms with van der Waals surface area (Å²) < 4.78 is 6.48. The van der Waals surface area contributed by atoms with Crippen molar-refractivity contribution in [1.29, 1.82) is 0 Å². The average molecular weight is 1710 g/mol. The number of ether oxygens (including phenoxy) is 1. The van der Waals surface area contributed by atoms with Crippen molar-refractivity contribution >= 4 is 110 Å². The third-order valence-electron chi connectivity index (χ3n) is 23.4. The second kappa shape index (κ2) is 41.5. The minimum Gasteiger partial charge on any atom is -0.444 e. The van der Waals surface area contributed by atoms with Crippen molar-refractivity contribution in [2.45, 2.75) is 175 Å². The largest absolute Gasteiger partial charge is 0.444 e. The maximum absolute atomic E-state index is 13.7. The molecule has 6 aliphatic heterocycles. The summed E-state index contributed by atoms with van der Waals surface area (Å²) in [4.78, 5) is 100. The number of likely N-dealkylation sites (tertiary alicyclic amines) is 3. The van der Waals surface area contributed by atoms with Crippen molar-refractivity contribution in [3.63, 3.8) is 0 Å². The number of carbonyl (C=O) groups excluding carboxylic acids is 6. The lowest BCUT2D eigenvalue weighted by molar-refractivity contribution is -0.140. The van der Waals surface area contributed by atoms with E-state index in [0.717, 1.165) is 123 Å². The molecule has 6 aromatic rings. The predicted molar refractivity (Wildman–Crippen MR) is 458 cm³/mol. The van der Waals surface area contributed by atoms with Crippen LogP contribution in [0.5, 0.6) is 0 Å².